The summed E-state index contributed by atoms with van der Waals surface area (Å²) in [5, 5.41) is 12.6. The van der Waals surface area contributed by atoms with Gasteiger partial charge < -0.3 is 5.32 Å². The Morgan fingerprint density at radius 3 is 2.28 bits per heavy atom. The van der Waals surface area contributed by atoms with Crippen molar-refractivity contribution < 1.29 is 4.79 Å². The van der Waals surface area contributed by atoms with Crippen LogP contribution in [0.1, 0.15) is 39.4 Å². The van der Waals surface area contributed by atoms with Gasteiger partial charge >= 0.3 is 0 Å². The van der Waals surface area contributed by atoms with Gasteiger partial charge in [-0.1, -0.05) is 35.3 Å². The number of carbonyl (C=O) groups excluding carboxylic acids is 1. The molecule has 2 aromatic heterocycles. The standard InChI is InChI=1S/C20H22BrCl2N5O/c1-12-17(21)14(3)28(25-12)11-15-5-7-16(8-6-15)20(29)24-9-4-10-27-19(23)18(22)13(2)26-27/h5-8H,4,9-11H2,1-3H3,(H,24,29). The van der Waals surface area contributed by atoms with Crippen molar-refractivity contribution in [1.82, 2.24) is 24.9 Å². The summed E-state index contributed by atoms with van der Waals surface area (Å²) >= 11 is 15.7. The second-order valence-corrected chi connectivity index (χ2v) is 8.39. The first-order chi connectivity index (χ1) is 13.8. The maximum atomic E-state index is 12.3. The maximum Gasteiger partial charge on any atom is 0.251 e. The molecule has 0 atom stereocenters. The summed E-state index contributed by atoms with van der Waals surface area (Å²) in [4.78, 5) is 12.3. The van der Waals surface area contributed by atoms with Crippen LogP contribution in [0.25, 0.3) is 0 Å². The van der Waals surface area contributed by atoms with Gasteiger partial charge in [-0.2, -0.15) is 10.2 Å². The summed E-state index contributed by atoms with van der Waals surface area (Å²) in [6.07, 6.45) is 0.702. The number of aromatic nitrogens is 4. The van der Waals surface area contributed by atoms with E-state index in [-0.39, 0.29) is 5.91 Å². The first-order valence-corrected chi connectivity index (χ1v) is 10.8. The zero-order chi connectivity index (χ0) is 21.1. The Morgan fingerprint density at radius 1 is 1.07 bits per heavy atom. The van der Waals surface area contributed by atoms with Crippen molar-refractivity contribution in [2.45, 2.75) is 40.3 Å². The summed E-state index contributed by atoms with van der Waals surface area (Å²) in [7, 11) is 0. The number of hydrogen-bond acceptors (Lipinski definition) is 3. The molecule has 1 aromatic carbocycles. The highest BCUT2D eigenvalue weighted by Crippen LogP contribution is 2.25. The topological polar surface area (TPSA) is 64.7 Å². The predicted octanol–water partition coefficient (Wildman–Crippen LogP) is 4.94. The fraction of sp³-hybridized carbons (Fsp3) is 0.350. The van der Waals surface area contributed by atoms with E-state index >= 15 is 0 Å². The van der Waals surface area contributed by atoms with E-state index in [1.54, 1.807) is 4.68 Å². The number of amides is 1. The summed E-state index contributed by atoms with van der Waals surface area (Å²) < 4.78 is 4.63. The minimum Gasteiger partial charge on any atom is -0.352 e. The Labute approximate surface area is 188 Å². The Morgan fingerprint density at radius 2 is 1.72 bits per heavy atom. The van der Waals surface area contributed by atoms with Gasteiger partial charge in [-0.15, -0.1) is 0 Å². The number of nitrogens with one attached hydrogen (secondary N) is 1. The summed E-state index contributed by atoms with van der Waals surface area (Å²) in [5.41, 5.74) is 4.46. The molecule has 29 heavy (non-hydrogen) atoms. The Balaban J connectivity index is 1.51. The molecular weight excluding hydrogens is 477 g/mol. The lowest BCUT2D eigenvalue weighted by atomic mass is 10.1. The highest BCUT2D eigenvalue weighted by atomic mass is 79.9. The van der Waals surface area contributed by atoms with Crippen molar-refractivity contribution in [3.05, 3.63) is 67.1 Å². The van der Waals surface area contributed by atoms with Gasteiger partial charge in [0.25, 0.3) is 5.91 Å². The third-order valence-corrected chi connectivity index (χ3v) is 6.75. The predicted molar refractivity (Wildman–Crippen MR) is 119 cm³/mol. The van der Waals surface area contributed by atoms with Crippen molar-refractivity contribution in [2.75, 3.05) is 6.54 Å². The fourth-order valence-electron chi connectivity index (χ4n) is 2.98. The van der Waals surface area contributed by atoms with E-state index < -0.39 is 0 Å². The Hall–Kier alpha value is -1.83. The van der Waals surface area contributed by atoms with E-state index in [1.807, 2.05) is 49.7 Å². The minimum atomic E-state index is -0.105. The Kier molecular flexibility index (Phi) is 7.03. The quantitative estimate of drug-likeness (QED) is 0.469. The molecule has 0 bridgehead atoms. The maximum absolute atomic E-state index is 12.3. The molecule has 0 radical (unpaired) electrons. The van der Waals surface area contributed by atoms with E-state index in [4.69, 9.17) is 23.2 Å². The Bertz CT molecular complexity index is 1030. The first kappa shape index (κ1) is 21.9. The molecule has 0 spiro atoms. The molecule has 3 aromatic rings. The number of carbonyl (C=O) groups is 1. The third-order valence-electron chi connectivity index (χ3n) is 4.67. The van der Waals surface area contributed by atoms with Crippen LogP contribution >= 0.6 is 39.1 Å². The lowest BCUT2D eigenvalue weighted by Crippen LogP contribution is -2.25. The molecule has 0 aliphatic carbocycles. The van der Waals surface area contributed by atoms with Crippen LogP contribution in [0.4, 0.5) is 0 Å². The van der Waals surface area contributed by atoms with E-state index in [0.29, 0.717) is 47.5 Å². The van der Waals surface area contributed by atoms with Crippen LogP contribution < -0.4 is 5.32 Å². The van der Waals surface area contributed by atoms with Gasteiger partial charge in [0.05, 0.1) is 28.1 Å². The monoisotopic (exact) mass is 497 g/mol. The molecule has 3 rings (SSSR count). The highest BCUT2D eigenvalue weighted by molar-refractivity contribution is 9.10. The van der Waals surface area contributed by atoms with Gasteiger partial charge in [0.2, 0.25) is 0 Å². The average molecular weight is 499 g/mol. The van der Waals surface area contributed by atoms with E-state index in [1.165, 1.54) is 0 Å². The van der Waals surface area contributed by atoms with E-state index in [0.717, 1.165) is 21.4 Å². The average Bonchev–Trinajstić information content (AvgIpc) is 3.09. The van der Waals surface area contributed by atoms with Gasteiger partial charge in [0.1, 0.15) is 10.2 Å². The minimum absolute atomic E-state index is 0.105. The molecule has 1 amide bonds. The molecule has 9 heteroatoms. The van der Waals surface area contributed by atoms with Gasteiger partial charge in [0.15, 0.2) is 0 Å². The first-order valence-electron chi connectivity index (χ1n) is 9.23. The molecule has 0 unspecified atom stereocenters. The molecule has 2 heterocycles. The molecule has 0 aliphatic rings. The molecule has 1 N–H and O–H groups in total. The second-order valence-electron chi connectivity index (χ2n) is 6.86. The van der Waals surface area contributed by atoms with Crippen molar-refractivity contribution in [1.29, 1.82) is 0 Å². The van der Waals surface area contributed by atoms with Crippen LogP contribution in [0.2, 0.25) is 10.2 Å². The van der Waals surface area contributed by atoms with Crippen LogP contribution in [-0.4, -0.2) is 32.0 Å². The number of nitrogens with zero attached hydrogens (tertiary/aromatic N) is 4. The van der Waals surface area contributed by atoms with Crippen LogP contribution in [0.5, 0.6) is 0 Å². The van der Waals surface area contributed by atoms with Crippen LogP contribution in [0.15, 0.2) is 28.7 Å². The molecular formula is C20H22BrCl2N5O. The SMILES string of the molecule is Cc1nn(CCCNC(=O)c2ccc(Cn3nc(C)c(Br)c3C)cc2)c(Cl)c1Cl. The molecule has 154 valence electrons. The smallest absolute Gasteiger partial charge is 0.251 e. The van der Waals surface area contributed by atoms with Gasteiger partial charge in [0, 0.05) is 18.7 Å². The van der Waals surface area contributed by atoms with Crippen molar-refractivity contribution in [2.24, 2.45) is 0 Å². The number of aryl methyl sites for hydroxylation is 3. The third kappa shape index (κ3) is 5.02. The molecule has 0 saturated heterocycles. The second kappa shape index (κ2) is 9.32. The molecule has 0 fully saturated rings. The number of benzene rings is 1. The van der Waals surface area contributed by atoms with Gasteiger partial charge in [-0.3, -0.25) is 14.2 Å². The number of halogens is 3. The van der Waals surface area contributed by atoms with Crippen molar-refractivity contribution in [3.8, 4) is 0 Å². The van der Waals surface area contributed by atoms with Crippen LogP contribution in [-0.2, 0) is 13.1 Å². The van der Waals surface area contributed by atoms with Crippen molar-refractivity contribution >= 4 is 45.0 Å². The summed E-state index contributed by atoms with van der Waals surface area (Å²) in [5.74, 6) is -0.105. The highest BCUT2D eigenvalue weighted by Gasteiger charge is 2.12. The zero-order valence-electron chi connectivity index (χ0n) is 16.5. The lowest BCUT2D eigenvalue weighted by Gasteiger charge is -2.08. The van der Waals surface area contributed by atoms with Gasteiger partial charge in [-0.25, -0.2) is 0 Å². The summed E-state index contributed by atoms with van der Waals surface area (Å²) in [6.45, 7) is 7.57. The fourth-order valence-corrected chi connectivity index (χ4v) is 3.65. The number of hydrogen-bond donors (Lipinski definition) is 1. The molecule has 0 aliphatic heterocycles. The van der Waals surface area contributed by atoms with Crippen LogP contribution in [0.3, 0.4) is 0 Å². The van der Waals surface area contributed by atoms with Gasteiger partial charge in [-0.05, 0) is 60.8 Å². The molecule has 0 saturated carbocycles. The largest absolute Gasteiger partial charge is 0.352 e. The lowest BCUT2D eigenvalue weighted by molar-refractivity contribution is 0.0952. The normalized spacial score (nSPS) is 11.1. The van der Waals surface area contributed by atoms with E-state index in [9.17, 15) is 4.79 Å². The zero-order valence-corrected chi connectivity index (χ0v) is 19.6. The van der Waals surface area contributed by atoms with Crippen LogP contribution in [0, 0.1) is 20.8 Å². The summed E-state index contributed by atoms with van der Waals surface area (Å²) in [6, 6.07) is 7.57. The number of rotatable bonds is 7. The molecule has 6 nitrogen and oxygen atoms in total. The van der Waals surface area contributed by atoms with Crippen molar-refractivity contribution in [3.63, 3.8) is 0 Å². The van der Waals surface area contributed by atoms with E-state index in [2.05, 4.69) is 31.4 Å².